The lowest BCUT2D eigenvalue weighted by atomic mass is 9.93. The molecule has 0 spiro atoms. The van der Waals surface area contributed by atoms with Crippen LogP contribution in [0, 0.1) is 0 Å². The number of hydrogen-bond donors (Lipinski definition) is 1. The van der Waals surface area contributed by atoms with Crippen LogP contribution in [0.4, 0.5) is 0 Å². The van der Waals surface area contributed by atoms with Crippen molar-refractivity contribution in [3.05, 3.63) is 35.4 Å². The average molecular weight is 162 g/mol. The van der Waals surface area contributed by atoms with Gasteiger partial charge in [-0.2, -0.15) is 0 Å². The normalized spacial score (nSPS) is 27.2. The fourth-order valence-electron chi connectivity index (χ4n) is 2.04. The second-order valence-corrected chi connectivity index (χ2v) is 3.54. The molecule has 1 atom stereocenters. The smallest absolute Gasteiger partial charge is 0.0899 e. The van der Waals surface area contributed by atoms with E-state index in [0.717, 1.165) is 24.8 Å². The van der Waals surface area contributed by atoms with Gasteiger partial charge in [0.05, 0.1) is 5.60 Å². The second kappa shape index (κ2) is 2.60. The Hall–Kier alpha value is -0.820. The van der Waals surface area contributed by atoms with Gasteiger partial charge in [-0.1, -0.05) is 31.2 Å². The quantitative estimate of drug-likeness (QED) is 0.671. The molecule has 0 bridgehead atoms. The van der Waals surface area contributed by atoms with E-state index in [1.807, 2.05) is 25.1 Å². The molecule has 1 nitrogen and oxygen atoms in total. The van der Waals surface area contributed by atoms with Gasteiger partial charge in [0.15, 0.2) is 0 Å². The molecule has 1 aliphatic carbocycles. The highest BCUT2D eigenvalue weighted by atomic mass is 16.3. The van der Waals surface area contributed by atoms with E-state index in [1.54, 1.807) is 0 Å². The molecule has 0 amide bonds. The first kappa shape index (κ1) is 7.81. The standard InChI is InChI=1S/C11H14O/c1-2-11(12)8-7-9-5-3-4-6-10(9)11/h3-6,12H,2,7-8H2,1H3. The highest BCUT2D eigenvalue weighted by Gasteiger charge is 2.34. The van der Waals surface area contributed by atoms with Crippen molar-refractivity contribution in [2.75, 3.05) is 0 Å². The van der Waals surface area contributed by atoms with Crippen LogP contribution in [0.5, 0.6) is 0 Å². The number of rotatable bonds is 1. The number of hydrogen-bond acceptors (Lipinski definition) is 1. The molecule has 0 aliphatic heterocycles. The summed E-state index contributed by atoms with van der Waals surface area (Å²) >= 11 is 0. The monoisotopic (exact) mass is 162 g/mol. The summed E-state index contributed by atoms with van der Waals surface area (Å²) in [5.41, 5.74) is 1.94. The first-order chi connectivity index (χ1) is 5.76. The average Bonchev–Trinajstić information content (AvgIpc) is 2.46. The molecule has 1 heteroatoms. The summed E-state index contributed by atoms with van der Waals surface area (Å²) < 4.78 is 0. The Labute approximate surface area is 73.0 Å². The maximum absolute atomic E-state index is 10.2. The van der Waals surface area contributed by atoms with Crippen LogP contribution in [0.25, 0.3) is 0 Å². The third-order valence-electron chi connectivity index (χ3n) is 2.91. The molecule has 1 aromatic carbocycles. The summed E-state index contributed by atoms with van der Waals surface area (Å²) in [4.78, 5) is 0. The molecule has 1 aromatic rings. The van der Waals surface area contributed by atoms with Gasteiger partial charge in [0.2, 0.25) is 0 Å². The maximum Gasteiger partial charge on any atom is 0.0899 e. The molecule has 2 rings (SSSR count). The van der Waals surface area contributed by atoms with Crippen molar-refractivity contribution in [1.29, 1.82) is 0 Å². The van der Waals surface area contributed by atoms with E-state index in [4.69, 9.17) is 0 Å². The van der Waals surface area contributed by atoms with Gasteiger partial charge in [-0.05, 0) is 30.4 Å². The minimum atomic E-state index is -0.531. The summed E-state index contributed by atoms with van der Waals surface area (Å²) in [5, 5.41) is 10.2. The van der Waals surface area contributed by atoms with Crippen LogP contribution in [0.3, 0.4) is 0 Å². The predicted molar refractivity (Wildman–Crippen MR) is 49.0 cm³/mol. The lowest BCUT2D eigenvalue weighted by molar-refractivity contribution is 0.0346. The SMILES string of the molecule is CCC1(O)CCc2ccccc21. The van der Waals surface area contributed by atoms with E-state index >= 15 is 0 Å². The Morgan fingerprint density at radius 2 is 2.17 bits per heavy atom. The van der Waals surface area contributed by atoms with Gasteiger partial charge in [-0.3, -0.25) is 0 Å². The van der Waals surface area contributed by atoms with Crippen LogP contribution in [0.15, 0.2) is 24.3 Å². The summed E-state index contributed by atoms with van der Waals surface area (Å²) in [5.74, 6) is 0. The van der Waals surface area contributed by atoms with Crippen molar-refractivity contribution in [3.63, 3.8) is 0 Å². The van der Waals surface area contributed by atoms with Crippen molar-refractivity contribution in [3.8, 4) is 0 Å². The molecule has 0 aromatic heterocycles. The lowest BCUT2D eigenvalue weighted by Gasteiger charge is -2.21. The Morgan fingerprint density at radius 1 is 1.42 bits per heavy atom. The van der Waals surface area contributed by atoms with Gasteiger partial charge < -0.3 is 5.11 Å². The molecule has 1 N–H and O–H groups in total. The van der Waals surface area contributed by atoms with Crippen molar-refractivity contribution >= 4 is 0 Å². The van der Waals surface area contributed by atoms with E-state index in [2.05, 4.69) is 6.07 Å². The number of aryl methyl sites for hydroxylation is 1. The molecule has 0 fully saturated rings. The van der Waals surface area contributed by atoms with E-state index in [0.29, 0.717) is 0 Å². The predicted octanol–water partition coefficient (Wildman–Crippen LogP) is 2.23. The van der Waals surface area contributed by atoms with Gasteiger partial charge in [-0.15, -0.1) is 0 Å². The third kappa shape index (κ3) is 0.969. The zero-order valence-corrected chi connectivity index (χ0v) is 7.38. The maximum atomic E-state index is 10.2. The highest BCUT2D eigenvalue weighted by Crippen LogP contribution is 2.38. The Morgan fingerprint density at radius 3 is 2.92 bits per heavy atom. The first-order valence-electron chi connectivity index (χ1n) is 4.57. The topological polar surface area (TPSA) is 20.2 Å². The van der Waals surface area contributed by atoms with Gasteiger partial charge in [0.1, 0.15) is 0 Å². The summed E-state index contributed by atoms with van der Waals surface area (Å²) in [6.07, 6.45) is 2.74. The zero-order valence-electron chi connectivity index (χ0n) is 7.38. The second-order valence-electron chi connectivity index (χ2n) is 3.54. The van der Waals surface area contributed by atoms with Crippen molar-refractivity contribution in [2.24, 2.45) is 0 Å². The van der Waals surface area contributed by atoms with Crippen LogP contribution in [0.1, 0.15) is 30.9 Å². The minimum Gasteiger partial charge on any atom is -0.385 e. The minimum absolute atomic E-state index is 0.531. The van der Waals surface area contributed by atoms with Crippen LogP contribution < -0.4 is 0 Å². The Balaban J connectivity index is 2.49. The van der Waals surface area contributed by atoms with Crippen molar-refractivity contribution in [1.82, 2.24) is 0 Å². The van der Waals surface area contributed by atoms with Crippen LogP contribution in [-0.2, 0) is 12.0 Å². The largest absolute Gasteiger partial charge is 0.385 e. The molecule has 0 radical (unpaired) electrons. The van der Waals surface area contributed by atoms with Crippen LogP contribution in [-0.4, -0.2) is 5.11 Å². The fourth-order valence-corrected chi connectivity index (χ4v) is 2.04. The van der Waals surface area contributed by atoms with Gasteiger partial charge in [-0.25, -0.2) is 0 Å². The van der Waals surface area contributed by atoms with Crippen LogP contribution in [0.2, 0.25) is 0 Å². The number of benzene rings is 1. The van der Waals surface area contributed by atoms with Crippen LogP contribution >= 0.6 is 0 Å². The first-order valence-corrected chi connectivity index (χ1v) is 4.57. The van der Waals surface area contributed by atoms with Gasteiger partial charge >= 0.3 is 0 Å². The lowest BCUT2D eigenvalue weighted by Crippen LogP contribution is -2.20. The summed E-state index contributed by atoms with van der Waals surface area (Å²) in [6, 6.07) is 8.21. The molecule has 0 saturated heterocycles. The molecule has 1 unspecified atom stereocenters. The van der Waals surface area contributed by atoms with Crippen molar-refractivity contribution in [2.45, 2.75) is 31.8 Å². The Kier molecular flexibility index (Phi) is 1.69. The summed E-state index contributed by atoms with van der Waals surface area (Å²) in [7, 11) is 0. The fraction of sp³-hybridized carbons (Fsp3) is 0.455. The van der Waals surface area contributed by atoms with E-state index < -0.39 is 5.60 Å². The molecule has 64 valence electrons. The van der Waals surface area contributed by atoms with E-state index in [9.17, 15) is 5.11 Å². The molecular formula is C11H14O. The molecule has 12 heavy (non-hydrogen) atoms. The molecule has 0 saturated carbocycles. The third-order valence-corrected chi connectivity index (χ3v) is 2.91. The number of fused-ring (bicyclic) bond motifs is 1. The zero-order chi connectivity index (χ0) is 8.60. The Bertz CT molecular complexity index is 293. The van der Waals surface area contributed by atoms with Gasteiger partial charge in [0, 0.05) is 0 Å². The summed E-state index contributed by atoms with van der Waals surface area (Å²) in [6.45, 7) is 2.04. The highest BCUT2D eigenvalue weighted by molar-refractivity contribution is 5.36. The molecular weight excluding hydrogens is 148 g/mol. The van der Waals surface area contributed by atoms with Gasteiger partial charge in [0.25, 0.3) is 0 Å². The van der Waals surface area contributed by atoms with E-state index in [1.165, 1.54) is 5.56 Å². The van der Waals surface area contributed by atoms with E-state index in [-0.39, 0.29) is 0 Å². The van der Waals surface area contributed by atoms with Crippen molar-refractivity contribution < 1.29 is 5.11 Å². The number of aliphatic hydroxyl groups is 1. The molecule has 0 heterocycles. The molecule has 1 aliphatic rings.